The molecule has 0 radical (unpaired) electrons. The van der Waals surface area contributed by atoms with Crippen molar-refractivity contribution >= 4 is 15.9 Å². The first-order valence-electron chi connectivity index (χ1n) is 7.68. The number of morpholine rings is 1. The van der Waals surface area contributed by atoms with Gasteiger partial charge in [-0.05, 0) is 24.3 Å². The minimum atomic E-state index is -3.82. The largest absolute Gasteiger partial charge is 0.379 e. The average Bonchev–Trinajstić information content (AvgIpc) is 2.56. The van der Waals surface area contributed by atoms with Gasteiger partial charge in [-0.15, -0.1) is 0 Å². The van der Waals surface area contributed by atoms with Crippen LogP contribution in [0.2, 0.25) is 0 Å². The number of hydrogen-bond acceptors (Lipinski definition) is 5. The summed E-state index contributed by atoms with van der Waals surface area (Å²) in [7, 11) is -2.50. The van der Waals surface area contributed by atoms with Crippen LogP contribution in [0.4, 0.5) is 4.39 Å². The molecule has 1 aliphatic heterocycles. The third kappa shape index (κ3) is 5.23. The number of nitrogens with zero attached hydrogens (tertiary/aromatic N) is 2. The van der Waals surface area contributed by atoms with Crippen molar-refractivity contribution < 1.29 is 22.3 Å². The van der Waals surface area contributed by atoms with E-state index in [1.54, 1.807) is 0 Å². The van der Waals surface area contributed by atoms with Crippen LogP contribution in [0, 0.1) is 5.82 Å². The van der Waals surface area contributed by atoms with Gasteiger partial charge in [-0.2, -0.15) is 4.31 Å². The topological polar surface area (TPSA) is 79.0 Å². The third-order valence-electron chi connectivity index (χ3n) is 3.74. The maximum Gasteiger partial charge on any atom is 0.243 e. The van der Waals surface area contributed by atoms with Crippen molar-refractivity contribution in [2.75, 3.05) is 53.0 Å². The highest BCUT2D eigenvalue weighted by atomic mass is 32.2. The summed E-state index contributed by atoms with van der Waals surface area (Å²) >= 11 is 0. The molecule has 1 N–H and O–H groups in total. The standard InChI is InChI=1S/C15H22FN3O4S/c1-18(24(21,22)14-4-2-13(16)3-5-14)12-15(20)17-6-7-19-8-10-23-11-9-19/h2-5H,6-12H2,1H3,(H,17,20). The van der Waals surface area contributed by atoms with Gasteiger partial charge in [-0.3, -0.25) is 9.69 Å². The fourth-order valence-electron chi connectivity index (χ4n) is 2.31. The summed E-state index contributed by atoms with van der Waals surface area (Å²) in [5, 5.41) is 2.71. The van der Waals surface area contributed by atoms with Crippen LogP contribution in [-0.4, -0.2) is 76.5 Å². The summed E-state index contributed by atoms with van der Waals surface area (Å²) in [6, 6.07) is 4.50. The lowest BCUT2D eigenvalue weighted by Crippen LogP contribution is -2.43. The minimum Gasteiger partial charge on any atom is -0.379 e. The number of sulfonamides is 1. The van der Waals surface area contributed by atoms with Crippen LogP contribution in [0.25, 0.3) is 0 Å². The second-order valence-corrected chi connectivity index (χ2v) is 7.56. The molecule has 1 fully saturated rings. The predicted octanol–water partition coefficient (Wildman–Crippen LogP) is -0.105. The molecular weight excluding hydrogens is 337 g/mol. The Balaban J connectivity index is 1.80. The molecule has 7 nitrogen and oxygen atoms in total. The van der Waals surface area contributed by atoms with Crippen molar-refractivity contribution in [1.82, 2.24) is 14.5 Å². The Morgan fingerprint density at radius 3 is 2.54 bits per heavy atom. The van der Waals surface area contributed by atoms with Crippen LogP contribution < -0.4 is 5.32 Å². The molecule has 9 heteroatoms. The summed E-state index contributed by atoms with van der Waals surface area (Å²) < 4.78 is 43.7. The number of halogens is 1. The summed E-state index contributed by atoms with van der Waals surface area (Å²) in [5.74, 6) is -0.895. The molecule has 134 valence electrons. The van der Waals surface area contributed by atoms with Crippen LogP contribution in [0.3, 0.4) is 0 Å². The van der Waals surface area contributed by atoms with Crippen molar-refractivity contribution in [3.8, 4) is 0 Å². The Bertz CT molecular complexity index is 645. The normalized spacial score (nSPS) is 16.3. The lowest BCUT2D eigenvalue weighted by Gasteiger charge is -2.26. The van der Waals surface area contributed by atoms with Crippen LogP contribution in [0.5, 0.6) is 0 Å². The zero-order valence-corrected chi connectivity index (χ0v) is 14.4. The van der Waals surface area contributed by atoms with Gasteiger partial charge in [0.05, 0.1) is 24.7 Å². The van der Waals surface area contributed by atoms with E-state index in [4.69, 9.17) is 4.74 Å². The van der Waals surface area contributed by atoms with Gasteiger partial charge in [0, 0.05) is 33.2 Å². The molecule has 24 heavy (non-hydrogen) atoms. The van der Waals surface area contributed by atoms with E-state index >= 15 is 0 Å². The Morgan fingerprint density at radius 2 is 1.92 bits per heavy atom. The smallest absolute Gasteiger partial charge is 0.243 e. The molecule has 2 rings (SSSR count). The van der Waals surface area contributed by atoms with Gasteiger partial charge in [-0.25, -0.2) is 12.8 Å². The molecule has 0 unspecified atom stereocenters. The summed E-state index contributed by atoms with van der Waals surface area (Å²) in [6.45, 7) is 3.89. The lowest BCUT2D eigenvalue weighted by molar-refractivity contribution is -0.121. The Morgan fingerprint density at radius 1 is 1.29 bits per heavy atom. The Labute approximate surface area is 141 Å². The summed E-state index contributed by atoms with van der Waals surface area (Å²) in [6.07, 6.45) is 0. The quantitative estimate of drug-likeness (QED) is 0.735. The van der Waals surface area contributed by atoms with Crippen LogP contribution in [0.15, 0.2) is 29.2 Å². The fourth-order valence-corrected chi connectivity index (χ4v) is 3.43. The Hall–Kier alpha value is -1.55. The highest BCUT2D eigenvalue weighted by Crippen LogP contribution is 2.14. The number of ether oxygens (including phenoxy) is 1. The molecule has 0 aromatic heterocycles. The molecule has 0 spiro atoms. The van der Waals surface area contributed by atoms with E-state index in [0.29, 0.717) is 26.3 Å². The number of benzene rings is 1. The van der Waals surface area contributed by atoms with Crippen molar-refractivity contribution in [1.29, 1.82) is 0 Å². The first kappa shape index (κ1) is 18.8. The van der Waals surface area contributed by atoms with E-state index in [9.17, 15) is 17.6 Å². The molecular formula is C15H22FN3O4S. The maximum absolute atomic E-state index is 12.9. The van der Waals surface area contributed by atoms with E-state index in [1.165, 1.54) is 19.2 Å². The minimum absolute atomic E-state index is 0.0486. The van der Waals surface area contributed by atoms with E-state index < -0.39 is 15.8 Å². The van der Waals surface area contributed by atoms with Gasteiger partial charge in [0.25, 0.3) is 0 Å². The van der Waals surface area contributed by atoms with Gasteiger partial charge >= 0.3 is 0 Å². The van der Waals surface area contributed by atoms with E-state index in [1.807, 2.05) is 0 Å². The van der Waals surface area contributed by atoms with E-state index in [2.05, 4.69) is 10.2 Å². The SMILES string of the molecule is CN(CC(=O)NCCN1CCOCC1)S(=O)(=O)c1ccc(F)cc1. The van der Waals surface area contributed by atoms with Crippen molar-refractivity contribution in [2.24, 2.45) is 0 Å². The summed E-state index contributed by atoms with van der Waals surface area (Å²) in [5.41, 5.74) is 0. The van der Waals surface area contributed by atoms with Gasteiger partial charge in [0.1, 0.15) is 5.82 Å². The van der Waals surface area contributed by atoms with Crippen molar-refractivity contribution in [3.63, 3.8) is 0 Å². The highest BCUT2D eigenvalue weighted by molar-refractivity contribution is 7.89. The first-order valence-corrected chi connectivity index (χ1v) is 9.12. The number of carbonyl (C=O) groups is 1. The monoisotopic (exact) mass is 359 g/mol. The fraction of sp³-hybridized carbons (Fsp3) is 0.533. The molecule has 0 saturated carbocycles. The van der Waals surface area contributed by atoms with Crippen LogP contribution >= 0.6 is 0 Å². The van der Waals surface area contributed by atoms with Crippen LogP contribution in [-0.2, 0) is 19.6 Å². The molecule has 1 aromatic rings. The zero-order valence-electron chi connectivity index (χ0n) is 13.6. The lowest BCUT2D eigenvalue weighted by atomic mass is 10.4. The van der Waals surface area contributed by atoms with Gasteiger partial charge < -0.3 is 10.1 Å². The predicted molar refractivity (Wildman–Crippen MR) is 86.5 cm³/mol. The third-order valence-corrected chi connectivity index (χ3v) is 5.56. The first-order chi connectivity index (χ1) is 11.4. The second-order valence-electron chi connectivity index (χ2n) is 5.52. The van der Waals surface area contributed by atoms with Gasteiger partial charge in [0.2, 0.25) is 15.9 Å². The molecule has 0 bridgehead atoms. The van der Waals surface area contributed by atoms with Crippen molar-refractivity contribution in [2.45, 2.75) is 4.90 Å². The molecule has 1 amide bonds. The average molecular weight is 359 g/mol. The summed E-state index contributed by atoms with van der Waals surface area (Å²) in [4.78, 5) is 14.0. The van der Waals surface area contributed by atoms with E-state index in [-0.39, 0.29) is 17.3 Å². The molecule has 0 aliphatic carbocycles. The van der Waals surface area contributed by atoms with Crippen molar-refractivity contribution in [3.05, 3.63) is 30.1 Å². The number of amides is 1. The van der Waals surface area contributed by atoms with E-state index in [0.717, 1.165) is 29.5 Å². The molecule has 1 heterocycles. The number of hydrogen-bond donors (Lipinski definition) is 1. The number of carbonyl (C=O) groups excluding carboxylic acids is 1. The zero-order chi connectivity index (χ0) is 17.6. The number of nitrogens with one attached hydrogen (secondary N) is 1. The molecule has 1 aromatic carbocycles. The van der Waals surface area contributed by atoms with Gasteiger partial charge in [-0.1, -0.05) is 0 Å². The number of rotatable bonds is 7. The van der Waals surface area contributed by atoms with Gasteiger partial charge in [0.15, 0.2) is 0 Å². The number of likely N-dealkylation sites (N-methyl/N-ethyl adjacent to an activating group) is 1. The second kappa shape index (κ2) is 8.52. The molecule has 0 atom stereocenters. The highest BCUT2D eigenvalue weighted by Gasteiger charge is 2.23. The molecule has 1 saturated heterocycles. The van der Waals surface area contributed by atoms with Crippen LogP contribution in [0.1, 0.15) is 0 Å². The Kier molecular flexibility index (Phi) is 6.67. The maximum atomic E-state index is 12.9. The molecule has 1 aliphatic rings.